The molecule has 0 amide bonds. The fourth-order valence-corrected chi connectivity index (χ4v) is 2.28. The summed E-state index contributed by atoms with van der Waals surface area (Å²) in [6.45, 7) is 0.881. The van der Waals surface area contributed by atoms with E-state index in [1.807, 2.05) is 60.7 Å². The lowest BCUT2D eigenvalue weighted by Crippen LogP contribution is -2.01. The molecule has 3 aromatic carbocycles. The van der Waals surface area contributed by atoms with Crippen molar-refractivity contribution in [3.05, 3.63) is 95.6 Å². The summed E-state index contributed by atoms with van der Waals surface area (Å²) in [4.78, 5) is 0. The van der Waals surface area contributed by atoms with Gasteiger partial charge in [-0.1, -0.05) is 60.7 Å². The second kappa shape index (κ2) is 7.85. The molecule has 0 unspecified atom stereocenters. The highest BCUT2D eigenvalue weighted by molar-refractivity contribution is 5.47. The zero-order valence-electron chi connectivity index (χ0n) is 13.2. The van der Waals surface area contributed by atoms with Crippen molar-refractivity contribution in [2.75, 3.05) is 0 Å². The summed E-state index contributed by atoms with van der Waals surface area (Å²) in [7, 11) is 0. The van der Waals surface area contributed by atoms with Gasteiger partial charge in [0.2, 0.25) is 0 Å². The maximum Gasteiger partial charge on any atom is 0.163 e. The van der Waals surface area contributed by atoms with Crippen LogP contribution >= 0.6 is 0 Å². The van der Waals surface area contributed by atoms with Gasteiger partial charge in [0.15, 0.2) is 11.5 Å². The van der Waals surface area contributed by atoms with Gasteiger partial charge in [0.05, 0.1) is 11.6 Å². The van der Waals surface area contributed by atoms with E-state index in [1.165, 1.54) is 0 Å². The van der Waals surface area contributed by atoms with E-state index < -0.39 is 0 Å². The number of benzene rings is 3. The Morgan fingerprint density at radius 3 is 1.75 bits per heavy atom. The van der Waals surface area contributed by atoms with Crippen molar-refractivity contribution in [3.63, 3.8) is 0 Å². The molecule has 0 aliphatic heterocycles. The van der Waals surface area contributed by atoms with Crippen LogP contribution in [0.4, 0.5) is 0 Å². The molecule has 118 valence electrons. The Hall–Kier alpha value is -3.25. The van der Waals surface area contributed by atoms with Crippen molar-refractivity contribution in [1.82, 2.24) is 0 Å². The molecule has 0 aliphatic carbocycles. The summed E-state index contributed by atoms with van der Waals surface area (Å²) in [5.41, 5.74) is 2.69. The monoisotopic (exact) mass is 315 g/mol. The summed E-state index contributed by atoms with van der Waals surface area (Å²) in [5, 5.41) is 9.10. The molecule has 0 aromatic heterocycles. The Bertz CT molecular complexity index is 823. The minimum absolute atomic E-state index is 0.428. The summed E-state index contributed by atoms with van der Waals surface area (Å²) in [6.07, 6.45) is 0. The normalized spacial score (nSPS) is 9.96. The van der Waals surface area contributed by atoms with Crippen LogP contribution in [0.25, 0.3) is 0 Å². The second-order valence-electron chi connectivity index (χ2n) is 5.32. The van der Waals surface area contributed by atoms with Crippen LogP contribution in [0.3, 0.4) is 0 Å². The molecular weight excluding hydrogens is 298 g/mol. The molecule has 0 radical (unpaired) electrons. The Balaban J connectivity index is 1.74. The lowest BCUT2D eigenvalue weighted by Gasteiger charge is -2.13. The maximum absolute atomic E-state index is 9.10. The number of nitrogens with zero attached hydrogens (tertiary/aromatic N) is 1. The summed E-state index contributed by atoms with van der Waals surface area (Å²) in [5.74, 6) is 1.21. The quantitative estimate of drug-likeness (QED) is 0.661. The van der Waals surface area contributed by atoms with Crippen LogP contribution in [0.2, 0.25) is 0 Å². The first-order valence-corrected chi connectivity index (χ1v) is 7.73. The van der Waals surface area contributed by atoms with E-state index in [2.05, 4.69) is 6.07 Å². The maximum atomic E-state index is 9.10. The highest BCUT2D eigenvalue weighted by Crippen LogP contribution is 2.29. The first-order chi connectivity index (χ1) is 11.8. The molecule has 0 spiro atoms. The molecule has 0 bridgehead atoms. The first kappa shape index (κ1) is 15.6. The minimum Gasteiger partial charge on any atom is -0.485 e. The number of hydrogen-bond acceptors (Lipinski definition) is 3. The van der Waals surface area contributed by atoms with Crippen molar-refractivity contribution in [1.29, 1.82) is 5.26 Å². The fourth-order valence-electron chi connectivity index (χ4n) is 2.28. The smallest absolute Gasteiger partial charge is 0.163 e. The van der Waals surface area contributed by atoms with E-state index in [1.54, 1.807) is 18.2 Å². The number of rotatable bonds is 6. The molecule has 0 heterocycles. The van der Waals surface area contributed by atoms with Gasteiger partial charge in [-0.25, -0.2) is 0 Å². The van der Waals surface area contributed by atoms with Gasteiger partial charge < -0.3 is 9.47 Å². The van der Waals surface area contributed by atoms with E-state index in [-0.39, 0.29) is 0 Å². The average Bonchev–Trinajstić information content (AvgIpc) is 2.66. The van der Waals surface area contributed by atoms with E-state index in [0.717, 1.165) is 11.1 Å². The van der Waals surface area contributed by atoms with E-state index in [0.29, 0.717) is 30.3 Å². The van der Waals surface area contributed by atoms with Gasteiger partial charge in [-0.15, -0.1) is 0 Å². The molecule has 3 rings (SSSR count). The van der Waals surface area contributed by atoms with Gasteiger partial charge in [0.1, 0.15) is 13.2 Å². The van der Waals surface area contributed by atoms with Gasteiger partial charge in [0, 0.05) is 6.07 Å². The predicted molar refractivity (Wildman–Crippen MR) is 92.7 cm³/mol. The van der Waals surface area contributed by atoms with Crippen LogP contribution in [0.1, 0.15) is 16.7 Å². The largest absolute Gasteiger partial charge is 0.485 e. The molecule has 3 nitrogen and oxygen atoms in total. The molecule has 0 atom stereocenters. The van der Waals surface area contributed by atoms with Gasteiger partial charge >= 0.3 is 0 Å². The van der Waals surface area contributed by atoms with Crippen LogP contribution in [0.5, 0.6) is 11.5 Å². The first-order valence-electron chi connectivity index (χ1n) is 7.73. The van der Waals surface area contributed by atoms with Crippen molar-refractivity contribution >= 4 is 0 Å². The van der Waals surface area contributed by atoms with Gasteiger partial charge in [-0.3, -0.25) is 0 Å². The van der Waals surface area contributed by atoms with Gasteiger partial charge in [-0.2, -0.15) is 5.26 Å². The van der Waals surface area contributed by atoms with Gasteiger partial charge in [0.25, 0.3) is 0 Å². The molecule has 0 saturated heterocycles. The SMILES string of the molecule is N#Cc1ccc(OCc2ccccc2)c(OCc2ccccc2)c1. The molecule has 0 N–H and O–H groups in total. The highest BCUT2D eigenvalue weighted by atomic mass is 16.5. The Labute approximate surface area is 141 Å². The number of hydrogen-bond donors (Lipinski definition) is 0. The molecule has 24 heavy (non-hydrogen) atoms. The third-order valence-corrected chi connectivity index (χ3v) is 3.55. The average molecular weight is 315 g/mol. The Kier molecular flexibility index (Phi) is 5.11. The molecular formula is C21H17NO2. The van der Waals surface area contributed by atoms with Crippen LogP contribution < -0.4 is 9.47 Å². The van der Waals surface area contributed by atoms with Crippen molar-refractivity contribution in [2.45, 2.75) is 13.2 Å². The zero-order valence-corrected chi connectivity index (χ0v) is 13.2. The summed E-state index contributed by atoms with van der Waals surface area (Å²) >= 11 is 0. The van der Waals surface area contributed by atoms with Crippen LogP contribution in [0, 0.1) is 11.3 Å². The van der Waals surface area contributed by atoms with E-state index in [9.17, 15) is 0 Å². The van der Waals surface area contributed by atoms with Crippen molar-refractivity contribution < 1.29 is 9.47 Å². The van der Waals surface area contributed by atoms with Crippen molar-refractivity contribution in [2.24, 2.45) is 0 Å². The minimum atomic E-state index is 0.428. The molecule has 0 aliphatic rings. The highest BCUT2D eigenvalue weighted by Gasteiger charge is 2.08. The fraction of sp³-hybridized carbons (Fsp3) is 0.0952. The third-order valence-electron chi connectivity index (χ3n) is 3.55. The standard InChI is InChI=1S/C21H17NO2/c22-14-19-11-12-20(23-15-17-7-3-1-4-8-17)21(13-19)24-16-18-9-5-2-6-10-18/h1-13H,15-16H2. The summed E-state index contributed by atoms with van der Waals surface area (Å²) < 4.78 is 11.8. The molecule has 0 saturated carbocycles. The Morgan fingerprint density at radius 1 is 0.667 bits per heavy atom. The second-order valence-corrected chi connectivity index (χ2v) is 5.32. The molecule has 3 heteroatoms. The van der Waals surface area contributed by atoms with Crippen molar-refractivity contribution in [3.8, 4) is 17.6 Å². The predicted octanol–water partition coefficient (Wildman–Crippen LogP) is 4.72. The molecule has 3 aromatic rings. The summed E-state index contributed by atoms with van der Waals surface area (Å²) in [6, 6.07) is 27.2. The van der Waals surface area contributed by atoms with E-state index in [4.69, 9.17) is 14.7 Å². The molecule has 0 fully saturated rings. The topological polar surface area (TPSA) is 42.2 Å². The van der Waals surface area contributed by atoms with E-state index >= 15 is 0 Å². The number of nitriles is 1. The Morgan fingerprint density at radius 2 is 1.21 bits per heavy atom. The van der Waals surface area contributed by atoms with Crippen LogP contribution in [-0.2, 0) is 13.2 Å². The zero-order chi connectivity index (χ0) is 16.6. The third kappa shape index (κ3) is 4.15. The lowest BCUT2D eigenvalue weighted by molar-refractivity contribution is 0.256. The van der Waals surface area contributed by atoms with Crippen LogP contribution in [0.15, 0.2) is 78.9 Å². The lowest BCUT2D eigenvalue weighted by atomic mass is 10.2. The number of ether oxygens (including phenoxy) is 2. The van der Waals surface area contributed by atoms with Crippen LogP contribution in [-0.4, -0.2) is 0 Å². The van der Waals surface area contributed by atoms with Gasteiger partial charge in [-0.05, 0) is 23.3 Å².